The number of halogens is 1. The van der Waals surface area contributed by atoms with Gasteiger partial charge in [0.25, 0.3) is 5.91 Å². The molecule has 0 saturated heterocycles. The van der Waals surface area contributed by atoms with E-state index in [4.69, 9.17) is 11.6 Å². The molecule has 1 N–H and O–H groups in total. The molecule has 156 valence electrons. The second-order valence-electron chi connectivity index (χ2n) is 7.95. The largest absolute Gasteiger partial charge is 0.326 e. The summed E-state index contributed by atoms with van der Waals surface area (Å²) in [5, 5.41) is 8.22. The lowest BCUT2D eigenvalue weighted by Gasteiger charge is -2.26. The number of benzene rings is 2. The van der Waals surface area contributed by atoms with Gasteiger partial charge in [-0.2, -0.15) is 5.10 Å². The highest BCUT2D eigenvalue weighted by Crippen LogP contribution is 2.42. The van der Waals surface area contributed by atoms with Crippen LogP contribution in [0.5, 0.6) is 0 Å². The third-order valence-electron chi connectivity index (χ3n) is 5.85. The van der Waals surface area contributed by atoms with E-state index in [1.807, 2.05) is 47.4 Å². The Labute approximate surface area is 183 Å². The first-order valence-electron chi connectivity index (χ1n) is 10.9. The maximum atomic E-state index is 13.3. The van der Waals surface area contributed by atoms with E-state index in [1.165, 1.54) is 25.7 Å². The van der Waals surface area contributed by atoms with E-state index in [-0.39, 0.29) is 11.9 Å². The fourth-order valence-corrected chi connectivity index (χ4v) is 4.43. The van der Waals surface area contributed by atoms with Crippen LogP contribution in [0.25, 0.3) is 11.3 Å². The molecule has 1 amide bonds. The van der Waals surface area contributed by atoms with Crippen LogP contribution in [0.3, 0.4) is 0 Å². The number of hydrogen-bond acceptors (Lipinski definition) is 2. The molecular formula is C25H28ClN3O. The van der Waals surface area contributed by atoms with Crippen molar-refractivity contribution in [3.63, 3.8) is 0 Å². The van der Waals surface area contributed by atoms with Gasteiger partial charge in [-0.1, -0.05) is 93.1 Å². The number of nitrogens with one attached hydrogen (secondary N) is 1. The Hall–Kier alpha value is -2.59. The van der Waals surface area contributed by atoms with Crippen LogP contribution in [-0.2, 0) is 0 Å². The fourth-order valence-electron chi connectivity index (χ4n) is 4.30. The normalized spacial score (nSPS) is 15.6. The number of rotatable bonds is 9. The summed E-state index contributed by atoms with van der Waals surface area (Å²) < 4.78 is 0. The molecule has 4 nitrogen and oxygen atoms in total. The number of hydrogen-bond donors (Lipinski definition) is 1. The van der Waals surface area contributed by atoms with Crippen molar-refractivity contribution in [1.29, 1.82) is 0 Å². The molecule has 2 heterocycles. The summed E-state index contributed by atoms with van der Waals surface area (Å²) in [5.41, 5.74) is 4.49. The van der Waals surface area contributed by atoms with Crippen LogP contribution in [0.2, 0.25) is 5.02 Å². The molecule has 0 aliphatic carbocycles. The van der Waals surface area contributed by atoms with Gasteiger partial charge in [-0.3, -0.25) is 9.89 Å². The summed E-state index contributed by atoms with van der Waals surface area (Å²) in [7, 11) is 0. The van der Waals surface area contributed by atoms with E-state index in [2.05, 4.69) is 29.3 Å². The summed E-state index contributed by atoms with van der Waals surface area (Å²) in [6.45, 7) is 2.99. The number of carbonyl (C=O) groups excluding carboxylic acids is 1. The first-order valence-corrected chi connectivity index (χ1v) is 11.3. The molecule has 2 aromatic carbocycles. The summed E-state index contributed by atoms with van der Waals surface area (Å²) in [5.74, 6) is 0.0418. The molecule has 1 aromatic heterocycles. The standard InChI is InChI=1S/C25H28ClN3O/c1-2-3-4-5-6-10-17-29-24(19-11-8-7-9-12-19)21-22(27-28-23(21)25(29)30)18-13-15-20(26)16-14-18/h7-9,11-16,24H,2-6,10,17H2,1H3,(H,27,28)/t24-/m0/s1. The molecule has 0 saturated carbocycles. The van der Waals surface area contributed by atoms with Gasteiger partial charge in [-0.15, -0.1) is 0 Å². The second-order valence-corrected chi connectivity index (χ2v) is 8.38. The van der Waals surface area contributed by atoms with E-state index in [0.29, 0.717) is 10.7 Å². The molecule has 1 atom stereocenters. The first kappa shape index (κ1) is 20.7. The second kappa shape index (κ2) is 9.48. The Morgan fingerprint density at radius 1 is 0.967 bits per heavy atom. The smallest absolute Gasteiger partial charge is 0.273 e. The van der Waals surface area contributed by atoms with Crippen LogP contribution in [-0.4, -0.2) is 27.5 Å². The lowest BCUT2D eigenvalue weighted by Crippen LogP contribution is -2.30. The Morgan fingerprint density at radius 2 is 1.67 bits per heavy atom. The van der Waals surface area contributed by atoms with E-state index in [1.54, 1.807) is 0 Å². The Kier molecular flexibility index (Phi) is 6.53. The highest BCUT2D eigenvalue weighted by Gasteiger charge is 2.41. The molecule has 3 aromatic rings. The Morgan fingerprint density at radius 3 is 2.40 bits per heavy atom. The summed E-state index contributed by atoms with van der Waals surface area (Å²) in [6.07, 6.45) is 7.21. The zero-order chi connectivity index (χ0) is 20.9. The minimum absolute atomic E-state index is 0.0418. The number of carbonyl (C=O) groups is 1. The molecular weight excluding hydrogens is 394 g/mol. The molecule has 0 bridgehead atoms. The Bertz CT molecular complexity index is 981. The topological polar surface area (TPSA) is 49.0 Å². The van der Waals surface area contributed by atoms with Gasteiger partial charge in [-0.05, 0) is 24.1 Å². The minimum atomic E-state index is -0.117. The van der Waals surface area contributed by atoms with Crippen LogP contribution < -0.4 is 0 Å². The summed E-state index contributed by atoms with van der Waals surface area (Å²) in [6, 6.07) is 17.8. The number of fused-ring (bicyclic) bond motifs is 1. The van der Waals surface area contributed by atoms with E-state index in [0.717, 1.165) is 41.8 Å². The number of aromatic nitrogens is 2. The maximum absolute atomic E-state index is 13.3. The molecule has 4 rings (SSSR count). The van der Waals surface area contributed by atoms with Crippen molar-refractivity contribution >= 4 is 17.5 Å². The van der Waals surface area contributed by atoms with Crippen molar-refractivity contribution in [1.82, 2.24) is 15.1 Å². The maximum Gasteiger partial charge on any atom is 0.273 e. The lowest BCUT2D eigenvalue weighted by molar-refractivity contribution is 0.0740. The van der Waals surface area contributed by atoms with E-state index in [9.17, 15) is 4.79 Å². The summed E-state index contributed by atoms with van der Waals surface area (Å²) in [4.78, 5) is 15.3. The van der Waals surface area contributed by atoms with Crippen LogP contribution >= 0.6 is 11.6 Å². The lowest BCUT2D eigenvalue weighted by atomic mass is 9.96. The number of amides is 1. The van der Waals surface area contributed by atoms with Crippen LogP contribution in [0, 0.1) is 0 Å². The fraction of sp³-hybridized carbons (Fsp3) is 0.360. The van der Waals surface area contributed by atoms with Crippen molar-refractivity contribution in [2.24, 2.45) is 0 Å². The monoisotopic (exact) mass is 421 g/mol. The molecule has 5 heteroatoms. The Balaban J connectivity index is 1.63. The van der Waals surface area contributed by atoms with E-state index >= 15 is 0 Å². The third kappa shape index (κ3) is 4.15. The van der Waals surface area contributed by atoms with Crippen molar-refractivity contribution in [2.45, 2.75) is 51.5 Å². The highest BCUT2D eigenvalue weighted by molar-refractivity contribution is 6.30. The molecule has 1 aliphatic heterocycles. The van der Waals surface area contributed by atoms with Gasteiger partial charge in [0, 0.05) is 22.7 Å². The quantitative estimate of drug-likeness (QED) is 0.394. The predicted octanol–water partition coefficient (Wildman–Crippen LogP) is 6.64. The van der Waals surface area contributed by atoms with Gasteiger partial charge in [0.1, 0.15) is 5.69 Å². The van der Waals surface area contributed by atoms with Gasteiger partial charge < -0.3 is 4.90 Å². The molecule has 1 aliphatic rings. The van der Waals surface area contributed by atoms with Gasteiger partial charge in [0.05, 0.1) is 11.7 Å². The molecule has 0 fully saturated rings. The first-order chi connectivity index (χ1) is 14.7. The van der Waals surface area contributed by atoms with Gasteiger partial charge in [-0.25, -0.2) is 0 Å². The molecule has 30 heavy (non-hydrogen) atoms. The average Bonchev–Trinajstić information content (AvgIpc) is 3.31. The minimum Gasteiger partial charge on any atom is -0.326 e. The molecule has 0 unspecified atom stereocenters. The van der Waals surface area contributed by atoms with Crippen molar-refractivity contribution < 1.29 is 4.79 Å². The third-order valence-corrected chi connectivity index (χ3v) is 6.10. The number of H-pyrrole nitrogens is 1. The van der Waals surface area contributed by atoms with Gasteiger partial charge in [0.15, 0.2) is 0 Å². The van der Waals surface area contributed by atoms with Gasteiger partial charge in [0.2, 0.25) is 0 Å². The molecule has 0 radical (unpaired) electrons. The van der Waals surface area contributed by atoms with Crippen molar-refractivity contribution in [3.05, 3.63) is 76.4 Å². The number of unbranched alkanes of at least 4 members (excludes halogenated alkanes) is 5. The SMILES string of the molecule is CCCCCCCCN1C(=O)c2[nH]nc(-c3ccc(Cl)cc3)c2[C@@H]1c1ccccc1. The van der Waals surface area contributed by atoms with Crippen LogP contribution in [0.4, 0.5) is 0 Å². The van der Waals surface area contributed by atoms with Crippen LogP contribution in [0.1, 0.15) is 73.1 Å². The highest BCUT2D eigenvalue weighted by atomic mass is 35.5. The average molecular weight is 422 g/mol. The predicted molar refractivity (Wildman–Crippen MR) is 122 cm³/mol. The zero-order valence-electron chi connectivity index (χ0n) is 17.4. The van der Waals surface area contributed by atoms with Crippen LogP contribution in [0.15, 0.2) is 54.6 Å². The van der Waals surface area contributed by atoms with Gasteiger partial charge >= 0.3 is 0 Å². The van der Waals surface area contributed by atoms with Crippen molar-refractivity contribution in [3.8, 4) is 11.3 Å². The molecule has 0 spiro atoms. The zero-order valence-corrected chi connectivity index (χ0v) is 18.2. The van der Waals surface area contributed by atoms with E-state index < -0.39 is 0 Å². The summed E-state index contributed by atoms with van der Waals surface area (Å²) >= 11 is 6.07. The number of nitrogens with zero attached hydrogens (tertiary/aromatic N) is 2. The number of aromatic amines is 1. The van der Waals surface area contributed by atoms with Crippen molar-refractivity contribution in [2.75, 3.05) is 6.54 Å².